The summed E-state index contributed by atoms with van der Waals surface area (Å²) in [5.41, 5.74) is 3.78. The van der Waals surface area contributed by atoms with Crippen LogP contribution in [0.15, 0.2) is 96.8 Å². The number of hydrogen-bond acceptors (Lipinski definition) is 3. The van der Waals surface area contributed by atoms with E-state index in [-0.39, 0.29) is 12.1 Å². The van der Waals surface area contributed by atoms with Crippen LogP contribution in [-0.2, 0) is 11.0 Å². The third kappa shape index (κ3) is 5.32. The lowest BCUT2D eigenvalue weighted by atomic mass is 9.90. The predicted octanol–water partition coefficient (Wildman–Crippen LogP) is 7.12. The maximum Gasteiger partial charge on any atom is 0.241 e. The van der Waals surface area contributed by atoms with Crippen LogP contribution in [0.4, 0.5) is 0 Å². The van der Waals surface area contributed by atoms with Crippen molar-refractivity contribution in [2.45, 2.75) is 44.7 Å². The van der Waals surface area contributed by atoms with Crippen molar-refractivity contribution in [3.63, 3.8) is 0 Å². The highest BCUT2D eigenvalue weighted by atomic mass is 28.4. The lowest BCUT2D eigenvalue weighted by Crippen LogP contribution is -2.37. The van der Waals surface area contributed by atoms with E-state index >= 15 is 0 Å². The quantitative estimate of drug-likeness (QED) is 0.363. The maximum atomic E-state index is 6.59. The van der Waals surface area contributed by atoms with Gasteiger partial charge in [0.05, 0.1) is 18.9 Å². The smallest absolute Gasteiger partial charge is 0.241 e. The summed E-state index contributed by atoms with van der Waals surface area (Å²) >= 11 is 0. The minimum atomic E-state index is -1.74. The fourth-order valence-electron chi connectivity index (χ4n) is 4.48. The fraction of sp³-hybridized carbons (Fsp3) is 0.286. The second kappa shape index (κ2) is 9.76. The second-order valence-corrected chi connectivity index (χ2v) is 13.8. The van der Waals surface area contributed by atoms with Crippen molar-refractivity contribution in [1.29, 1.82) is 0 Å². The number of nitrogens with zero attached hydrogens (tertiary/aromatic N) is 1. The summed E-state index contributed by atoms with van der Waals surface area (Å²) in [4.78, 5) is 2.58. The van der Waals surface area contributed by atoms with Crippen molar-refractivity contribution in [2.75, 3.05) is 7.11 Å². The van der Waals surface area contributed by atoms with Gasteiger partial charge >= 0.3 is 0 Å². The Bertz CT molecular complexity index is 1040. The first-order chi connectivity index (χ1) is 15.4. The number of benzene rings is 3. The summed E-state index contributed by atoms with van der Waals surface area (Å²) in [6.07, 6.45) is 3.17. The van der Waals surface area contributed by atoms with E-state index in [1.54, 1.807) is 7.11 Å². The third-order valence-electron chi connectivity index (χ3n) is 5.78. The summed E-state index contributed by atoms with van der Waals surface area (Å²) in [5, 5.41) is 0. The second-order valence-electron chi connectivity index (χ2n) is 9.32. The molecule has 0 unspecified atom stereocenters. The fourth-order valence-corrected chi connectivity index (χ4v) is 5.42. The molecule has 3 aromatic rings. The zero-order valence-corrected chi connectivity index (χ0v) is 20.5. The van der Waals surface area contributed by atoms with Gasteiger partial charge in [-0.05, 0) is 42.9 Å². The molecular weight excluding hydrogens is 410 g/mol. The molecule has 0 N–H and O–H groups in total. The Morgan fingerprint density at radius 2 is 1.47 bits per heavy atom. The van der Waals surface area contributed by atoms with Crippen molar-refractivity contribution in [3.05, 3.63) is 113 Å². The molecule has 0 spiro atoms. The number of hydrogen-bond donors (Lipinski definition) is 0. The van der Waals surface area contributed by atoms with Crippen LogP contribution in [0.3, 0.4) is 0 Å². The van der Waals surface area contributed by atoms with E-state index in [2.05, 4.69) is 109 Å². The molecule has 1 heterocycles. The van der Waals surface area contributed by atoms with E-state index in [4.69, 9.17) is 9.16 Å². The first kappa shape index (κ1) is 22.4. The number of methoxy groups -OCH3 is 1. The summed E-state index contributed by atoms with van der Waals surface area (Å²) < 4.78 is 12.4. The van der Waals surface area contributed by atoms with Crippen molar-refractivity contribution in [2.24, 2.45) is 0 Å². The number of para-hydroxylation sites is 1. The molecule has 166 valence electrons. The van der Waals surface area contributed by atoms with Crippen LogP contribution in [0.5, 0.6) is 5.75 Å². The van der Waals surface area contributed by atoms with Gasteiger partial charge in [-0.15, -0.1) is 0 Å². The maximum absolute atomic E-state index is 6.59. The first-order valence-corrected chi connectivity index (χ1v) is 14.7. The van der Waals surface area contributed by atoms with Crippen molar-refractivity contribution in [3.8, 4) is 5.75 Å². The van der Waals surface area contributed by atoms with Gasteiger partial charge in [-0.3, -0.25) is 4.90 Å². The lowest BCUT2D eigenvalue weighted by molar-refractivity contribution is 0.117. The van der Waals surface area contributed by atoms with E-state index in [9.17, 15) is 0 Å². The minimum absolute atomic E-state index is 0.117. The molecule has 0 bridgehead atoms. The van der Waals surface area contributed by atoms with Gasteiger partial charge in [0.1, 0.15) is 5.75 Å². The Morgan fingerprint density at radius 3 is 2.12 bits per heavy atom. The molecule has 2 atom stereocenters. The predicted molar refractivity (Wildman–Crippen MR) is 134 cm³/mol. The van der Waals surface area contributed by atoms with Gasteiger partial charge < -0.3 is 9.16 Å². The molecule has 1 aliphatic rings. The summed E-state index contributed by atoms with van der Waals surface area (Å²) in [6.45, 7) is 7.60. The molecule has 0 saturated carbocycles. The normalized spacial score (nSPS) is 19.3. The zero-order chi connectivity index (χ0) is 22.6. The van der Waals surface area contributed by atoms with Crippen LogP contribution in [0.1, 0.15) is 35.2 Å². The molecule has 3 nitrogen and oxygen atoms in total. The van der Waals surface area contributed by atoms with E-state index in [0.717, 1.165) is 24.5 Å². The molecule has 4 rings (SSSR count). The molecule has 1 aliphatic heterocycles. The van der Waals surface area contributed by atoms with Crippen LogP contribution in [0.25, 0.3) is 0 Å². The standard InChI is InChI=1S/C28H33NO2Si/c1-30-28-18-12-11-17-25(28)27-20-24(31-32(2,3)4)19-26(23-15-9-6-10-16-23)29(27)21-22-13-7-5-8-14-22/h5-19,26-27H,20-21H2,1-4H3/t26-,27-/m1/s1. The molecule has 0 aromatic heterocycles. The summed E-state index contributed by atoms with van der Waals surface area (Å²) in [7, 11) is 0.0153. The largest absolute Gasteiger partial charge is 0.547 e. The molecular formula is C28H33NO2Si. The lowest BCUT2D eigenvalue weighted by Gasteiger charge is -2.43. The van der Waals surface area contributed by atoms with Gasteiger partial charge in [-0.2, -0.15) is 0 Å². The highest BCUT2D eigenvalue weighted by molar-refractivity contribution is 6.70. The van der Waals surface area contributed by atoms with E-state index in [1.165, 1.54) is 16.7 Å². The van der Waals surface area contributed by atoms with Gasteiger partial charge in [0, 0.05) is 24.6 Å². The first-order valence-electron chi connectivity index (χ1n) is 11.3. The van der Waals surface area contributed by atoms with E-state index < -0.39 is 8.32 Å². The van der Waals surface area contributed by atoms with Crippen molar-refractivity contribution >= 4 is 8.32 Å². The molecule has 0 fully saturated rings. The van der Waals surface area contributed by atoms with Crippen LogP contribution >= 0.6 is 0 Å². The molecule has 0 radical (unpaired) electrons. The van der Waals surface area contributed by atoms with Gasteiger partial charge in [0.15, 0.2) is 0 Å². The molecule has 4 heteroatoms. The molecule has 0 aliphatic carbocycles. The third-order valence-corrected chi connectivity index (χ3v) is 6.65. The highest BCUT2D eigenvalue weighted by Gasteiger charge is 2.36. The van der Waals surface area contributed by atoms with Gasteiger partial charge in [-0.1, -0.05) is 78.9 Å². The Labute approximate surface area is 193 Å². The van der Waals surface area contributed by atoms with Gasteiger partial charge in [-0.25, -0.2) is 0 Å². The minimum Gasteiger partial charge on any atom is -0.547 e. The molecule has 32 heavy (non-hydrogen) atoms. The van der Waals surface area contributed by atoms with Crippen LogP contribution < -0.4 is 4.74 Å². The monoisotopic (exact) mass is 443 g/mol. The Morgan fingerprint density at radius 1 is 0.844 bits per heavy atom. The molecule has 3 aromatic carbocycles. The summed E-state index contributed by atoms with van der Waals surface area (Å²) in [5.74, 6) is 2.02. The van der Waals surface area contributed by atoms with E-state index in [1.807, 2.05) is 6.07 Å². The topological polar surface area (TPSA) is 21.7 Å². The Balaban J connectivity index is 1.83. The van der Waals surface area contributed by atoms with Crippen molar-refractivity contribution < 1.29 is 9.16 Å². The van der Waals surface area contributed by atoms with Crippen LogP contribution in [0.2, 0.25) is 19.6 Å². The van der Waals surface area contributed by atoms with Crippen molar-refractivity contribution in [1.82, 2.24) is 4.90 Å². The number of rotatable bonds is 7. The zero-order valence-electron chi connectivity index (χ0n) is 19.5. The van der Waals surface area contributed by atoms with Gasteiger partial charge in [0.2, 0.25) is 8.32 Å². The average Bonchev–Trinajstić information content (AvgIpc) is 2.80. The van der Waals surface area contributed by atoms with E-state index in [0.29, 0.717) is 0 Å². The number of ether oxygens (including phenoxy) is 1. The average molecular weight is 444 g/mol. The highest BCUT2D eigenvalue weighted by Crippen LogP contribution is 2.45. The molecule has 0 amide bonds. The Kier molecular flexibility index (Phi) is 6.82. The van der Waals surface area contributed by atoms with Gasteiger partial charge in [0.25, 0.3) is 0 Å². The van der Waals surface area contributed by atoms with Crippen LogP contribution in [-0.4, -0.2) is 20.3 Å². The summed E-state index contributed by atoms with van der Waals surface area (Å²) in [6, 6.07) is 30.1. The van der Waals surface area contributed by atoms with Crippen LogP contribution in [0, 0.1) is 0 Å². The SMILES string of the molecule is COc1ccccc1[C@H]1CC(O[Si](C)(C)C)=C[C@H](c2ccccc2)N1Cc1ccccc1. The molecule has 0 saturated heterocycles. The Hall–Kier alpha value is -2.82.